The van der Waals surface area contributed by atoms with Gasteiger partial charge in [-0.15, -0.1) is 0 Å². The third-order valence-electron chi connectivity index (χ3n) is 4.13. The Hall–Kier alpha value is -2.39. The predicted octanol–water partition coefficient (Wildman–Crippen LogP) is 3.96. The summed E-state index contributed by atoms with van der Waals surface area (Å²) in [6, 6.07) is 12.0. The molecule has 142 valence electrons. The number of carbonyl (C=O) groups is 1. The van der Waals surface area contributed by atoms with E-state index in [-0.39, 0.29) is 16.3 Å². The number of aliphatic hydroxyl groups is 1. The van der Waals surface area contributed by atoms with Crippen LogP contribution in [0.4, 0.5) is 13.2 Å². The van der Waals surface area contributed by atoms with Crippen LogP contribution in [0, 0.1) is 0 Å². The molecule has 0 aliphatic carbocycles. The number of halogens is 4. The van der Waals surface area contributed by atoms with Crippen molar-refractivity contribution in [1.29, 1.82) is 0 Å². The van der Waals surface area contributed by atoms with E-state index >= 15 is 0 Å². The van der Waals surface area contributed by atoms with Gasteiger partial charge in [0.05, 0.1) is 19.2 Å². The summed E-state index contributed by atoms with van der Waals surface area (Å²) in [5.74, 6) is -0.636. The Balaban J connectivity index is 2.04. The van der Waals surface area contributed by atoms with Gasteiger partial charge in [0.1, 0.15) is 5.75 Å². The minimum atomic E-state index is -5.10. The van der Waals surface area contributed by atoms with Crippen molar-refractivity contribution in [2.75, 3.05) is 7.11 Å². The van der Waals surface area contributed by atoms with Gasteiger partial charge in [0.15, 0.2) is 0 Å². The molecule has 5 nitrogen and oxygen atoms in total. The summed E-state index contributed by atoms with van der Waals surface area (Å²) in [6.45, 7) is 0. The van der Waals surface area contributed by atoms with Crippen molar-refractivity contribution in [2.24, 2.45) is 5.10 Å². The minimum Gasteiger partial charge on any atom is -0.497 e. The Labute approximate surface area is 161 Å². The summed E-state index contributed by atoms with van der Waals surface area (Å²) in [5.41, 5.74) is -3.21. The topological polar surface area (TPSA) is 62.1 Å². The summed E-state index contributed by atoms with van der Waals surface area (Å²) in [7, 11) is 1.42. The van der Waals surface area contributed by atoms with E-state index in [0.717, 1.165) is 0 Å². The Kier molecular flexibility index (Phi) is 5.00. The van der Waals surface area contributed by atoms with Crippen LogP contribution in [-0.4, -0.2) is 40.7 Å². The third kappa shape index (κ3) is 3.57. The second kappa shape index (κ2) is 6.97. The molecule has 0 unspecified atom stereocenters. The molecule has 1 atom stereocenters. The standard InChI is InChI=1S/C18H14BrF3N2O3/c1-27-14-4-2-3-12(9-14)15-10-17(26,18(20,21)22)24(23-15)16(25)11-5-7-13(19)8-6-11/h2-9,26H,10H2,1H3/t17-/m1/s1. The van der Waals surface area contributed by atoms with E-state index in [0.29, 0.717) is 15.8 Å². The third-order valence-corrected chi connectivity index (χ3v) is 4.65. The van der Waals surface area contributed by atoms with Crippen molar-refractivity contribution in [3.8, 4) is 5.75 Å². The number of carbonyl (C=O) groups excluding carboxylic acids is 1. The number of alkyl halides is 3. The molecular formula is C18H14BrF3N2O3. The predicted molar refractivity (Wildman–Crippen MR) is 95.5 cm³/mol. The van der Waals surface area contributed by atoms with Crippen molar-refractivity contribution < 1.29 is 27.8 Å². The second-order valence-electron chi connectivity index (χ2n) is 5.89. The first-order valence-corrected chi connectivity index (χ1v) is 8.56. The quantitative estimate of drug-likeness (QED) is 0.782. The molecule has 27 heavy (non-hydrogen) atoms. The van der Waals surface area contributed by atoms with Gasteiger partial charge >= 0.3 is 6.18 Å². The van der Waals surface area contributed by atoms with E-state index in [1.807, 2.05) is 0 Å². The average molecular weight is 443 g/mol. The van der Waals surface area contributed by atoms with Gasteiger partial charge in [0.2, 0.25) is 0 Å². The number of ether oxygens (including phenoxy) is 1. The van der Waals surface area contributed by atoms with Crippen molar-refractivity contribution >= 4 is 27.5 Å². The lowest BCUT2D eigenvalue weighted by molar-refractivity contribution is -0.297. The molecule has 0 fully saturated rings. The molecule has 1 aliphatic heterocycles. The summed E-state index contributed by atoms with van der Waals surface area (Å²) in [5, 5.41) is 14.3. The second-order valence-corrected chi connectivity index (χ2v) is 6.81. The van der Waals surface area contributed by atoms with Gasteiger partial charge in [-0.05, 0) is 36.4 Å². The lowest BCUT2D eigenvalue weighted by atomic mass is 10.0. The molecule has 0 saturated carbocycles. The fourth-order valence-corrected chi connectivity index (χ4v) is 2.92. The van der Waals surface area contributed by atoms with E-state index < -0.39 is 24.2 Å². The maximum absolute atomic E-state index is 13.6. The van der Waals surface area contributed by atoms with Gasteiger partial charge in [-0.25, -0.2) is 0 Å². The van der Waals surface area contributed by atoms with Gasteiger partial charge in [-0.1, -0.05) is 28.1 Å². The van der Waals surface area contributed by atoms with Gasteiger partial charge in [-0.3, -0.25) is 4.79 Å². The molecule has 1 aliphatic rings. The van der Waals surface area contributed by atoms with Crippen LogP contribution < -0.4 is 4.74 Å². The molecule has 2 aromatic carbocycles. The molecule has 1 amide bonds. The molecule has 0 aromatic heterocycles. The van der Waals surface area contributed by atoms with Gasteiger partial charge in [0, 0.05) is 15.6 Å². The zero-order chi connectivity index (χ0) is 19.8. The minimum absolute atomic E-state index is 0.0310. The number of hydrogen-bond acceptors (Lipinski definition) is 4. The van der Waals surface area contributed by atoms with Crippen LogP contribution >= 0.6 is 15.9 Å². The number of rotatable bonds is 3. The number of nitrogens with zero attached hydrogens (tertiary/aromatic N) is 2. The van der Waals surface area contributed by atoms with E-state index in [1.54, 1.807) is 12.1 Å². The highest BCUT2D eigenvalue weighted by Crippen LogP contribution is 2.42. The van der Waals surface area contributed by atoms with Gasteiger partial charge in [-0.2, -0.15) is 23.3 Å². The number of hydrogen-bond donors (Lipinski definition) is 1. The first-order chi connectivity index (χ1) is 12.7. The summed E-state index contributed by atoms with van der Waals surface area (Å²) in [6.07, 6.45) is -5.98. The zero-order valence-corrected chi connectivity index (χ0v) is 15.6. The fourth-order valence-electron chi connectivity index (χ4n) is 2.66. The van der Waals surface area contributed by atoms with Crippen molar-refractivity contribution in [3.05, 3.63) is 64.1 Å². The molecule has 0 radical (unpaired) electrons. The highest BCUT2D eigenvalue weighted by Gasteiger charge is 2.63. The molecule has 0 saturated heterocycles. The largest absolute Gasteiger partial charge is 0.497 e. The van der Waals surface area contributed by atoms with Crippen molar-refractivity contribution in [1.82, 2.24) is 5.01 Å². The summed E-state index contributed by atoms with van der Waals surface area (Å²) in [4.78, 5) is 12.6. The maximum Gasteiger partial charge on any atom is 0.438 e. The number of amides is 1. The van der Waals surface area contributed by atoms with E-state index in [1.165, 1.54) is 43.5 Å². The van der Waals surface area contributed by atoms with Crippen molar-refractivity contribution in [3.63, 3.8) is 0 Å². The Morgan fingerprint density at radius 2 is 1.93 bits per heavy atom. The molecule has 1 heterocycles. The number of hydrazone groups is 1. The number of methoxy groups -OCH3 is 1. The Bertz CT molecular complexity index is 899. The summed E-state index contributed by atoms with van der Waals surface area (Å²) < 4.78 is 46.6. The molecule has 1 N–H and O–H groups in total. The van der Waals surface area contributed by atoms with Crippen LogP contribution in [0.1, 0.15) is 22.3 Å². The summed E-state index contributed by atoms with van der Waals surface area (Å²) >= 11 is 3.19. The van der Waals surface area contributed by atoms with Crippen LogP contribution in [-0.2, 0) is 0 Å². The van der Waals surface area contributed by atoms with Crippen molar-refractivity contribution in [2.45, 2.75) is 18.3 Å². The van der Waals surface area contributed by atoms with Crippen LogP contribution in [0.15, 0.2) is 58.1 Å². The van der Waals surface area contributed by atoms with E-state index in [4.69, 9.17) is 4.74 Å². The molecule has 9 heteroatoms. The van der Waals surface area contributed by atoms with E-state index in [9.17, 15) is 23.1 Å². The van der Waals surface area contributed by atoms with Crippen LogP contribution in [0.2, 0.25) is 0 Å². The average Bonchev–Trinajstić information content (AvgIpc) is 3.01. The zero-order valence-electron chi connectivity index (χ0n) is 14.0. The van der Waals surface area contributed by atoms with Crippen LogP contribution in [0.5, 0.6) is 5.75 Å². The normalized spacial score (nSPS) is 19.8. The molecule has 3 rings (SSSR count). The smallest absolute Gasteiger partial charge is 0.438 e. The SMILES string of the molecule is COc1cccc(C2=NN(C(=O)c3ccc(Br)cc3)[C@](O)(C(F)(F)F)C2)c1. The number of benzene rings is 2. The Morgan fingerprint density at radius 1 is 1.26 bits per heavy atom. The lowest BCUT2D eigenvalue weighted by Gasteiger charge is -2.32. The maximum atomic E-state index is 13.6. The van der Waals surface area contributed by atoms with E-state index in [2.05, 4.69) is 21.0 Å². The monoisotopic (exact) mass is 442 g/mol. The molecule has 0 spiro atoms. The highest BCUT2D eigenvalue weighted by atomic mass is 79.9. The van der Waals surface area contributed by atoms with Crippen LogP contribution in [0.3, 0.4) is 0 Å². The highest BCUT2D eigenvalue weighted by molar-refractivity contribution is 9.10. The van der Waals surface area contributed by atoms with Crippen LogP contribution in [0.25, 0.3) is 0 Å². The fraction of sp³-hybridized carbons (Fsp3) is 0.222. The first-order valence-electron chi connectivity index (χ1n) is 7.77. The first kappa shape index (κ1) is 19.4. The molecule has 2 aromatic rings. The van der Waals surface area contributed by atoms with Gasteiger partial charge in [0.25, 0.3) is 11.6 Å². The van der Waals surface area contributed by atoms with Gasteiger partial charge < -0.3 is 9.84 Å². The lowest BCUT2D eigenvalue weighted by Crippen LogP contribution is -2.56. The molecule has 0 bridgehead atoms. The molecular weight excluding hydrogens is 429 g/mol. The Morgan fingerprint density at radius 3 is 2.52 bits per heavy atom.